The van der Waals surface area contributed by atoms with E-state index in [0.717, 1.165) is 12.0 Å². The van der Waals surface area contributed by atoms with Crippen molar-refractivity contribution in [3.63, 3.8) is 0 Å². The first-order valence-electron chi connectivity index (χ1n) is 4.86. The summed E-state index contributed by atoms with van der Waals surface area (Å²) in [4.78, 5) is 0. The number of rotatable bonds is 2. The summed E-state index contributed by atoms with van der Waals surface area (Å²) in [6.07, 6.45) is 6.77. The fourth-order valence-electron chi connectivity index (χ4n) is 0.359. The molecule has 0 saturated heterocycles. The lowest BCUT2D eigenvalue weighted by Crippen LogP contribution is -1.79. The Labute approximate surface area is 78.4 Å². The Bertz CT molecular complexity index is 102. The maximum atomic E-state index is 5.20. The van der Waals surface area contributed by atoms with Crippen LogP contribution in [-0.2, 0) is 0 Å². The van der Waals surface area contributed by atoms with E-state index in [1.807, 2.05) is 40.7 Å². The Kier molecular flexibility index (Phi) is 32.5. The molecule has 0 spiro atoms. The molecule has 0 unspecified atom stereocenters. The molecule has 0 aliphatic rings. The quantitative estimate of drug-likeness (QED) is 0.627. The van der Waals surface area contributed by atoms with Crippen molar-refractivity contribution in [3.05, 3.63) is 23.9 Å². The van der Waals surface area contributed by atoms with Crippen LogP contribution in [0.4, 0.5) is 0 Å². The molecule has 0 radical (unpaired) electrons. The highest BCUT2D eigenvalue weighted by molar-refractivity contribution is 5.13. The average Bonchev–Trinajstić information content (AvgIpc) is 2.20. The molecular weight excluding hydrogens is 146 g/mol. The van der Waals surface area contributed by atoms with E-state index in [9.17, 15) is 0 Å². The third kappa shape index (κ3) is 22.8. The molecule has 0 rings (SSSR count). The number of hydrogen-bond acceptors (Lipinski definition) is 1. The molecule has 0 amide bonds. The Hall–Kier alpha value is -0.720. The lowest BCUT2D eigenvalue weighted by atomic mass is 10.3. The molecule has 0 aromatic heterocycles. The minimum Gasteiger partial charge on any atom is -0.404 e. The maximum absolute atomic E-state index is 5.20. The molecule has 74 valence electrons. The standard InChI is InChI=1S/C7H13N.2C2H6/c1-3-4-5-7(2)6-8;2*1-2/h4-6H,3,8H2,1-2H3;2*1-2H3/b5-4-,7-6-;;. The van der Waals surface area contributed by atoms with E-state index in [1.54, 1.807) is 6.20 Å². The van der Waals surface area contributed by atoms with E-state index >= 15 is 0 Å². The number of nitrogens with two attached hydrogens (primary N) is 1. The number of allylic oxidation sites excluding steroid dienone is 3. The van der Waals surface area contributed by atoms with Crippen LogP contribution >= 0.6 is 0 Å². The SMILES string of the molecule is CC.CC.CC/C=C\C(C)=C/N. The lowest BCUT2D eigenvalue weighted by Gasteiger charge is -1.84. The van der Waals surface area contributed by atoms with Gasteiger partial charge >= 0.3 is 0 Å². The van der Waals surface area contributed by atoms with E-state index < -0.39 is 0 Å². The zero-order chi connectivity index (χ0) is 10.4. The summed E-state index contributed by atoms with van der Waals surface area (Å²) in [6.45, 7) is 12.1. The van der Waals surface area contributed by atoms with Gasteiger partial charge in [-0.1, -0.05) is 46.8 Å². The minimum atomic E-state index is 1.07. The third-order valence-electron chi connectivity index (χ3n) is 0.879. The van der Waals surface area contributed by atoms with Crippen molar-refractivity contribution in [2.45, 2.75) is 48.0 Å². The molecule has 0 fully saturated rings. The molecule has 0 aromatic rings. The van der Waals surface area contributed by atoms with Gasteiger partial charge in [0.25, 0.3) is 0 Å². The summed E-state index contributed by atoms with van der Waals surface area (Å²) in [5.74, 6) is 0. The molecule has 1 nitrogen and oxygen atoms in total. The van der Waals surface area contributed by atoms with Crippen LogP contribution < -0.4 is 5.73 Å². The summed E-state index contributed by atoms with van der Waals surface area (Å²) >= 11 is 0. The summed E-state index contributed by atoms with van der Waals surface area (Å²) in [5, 5.41) is 0. The highest BCUT2D eigenvalue weighted by Crippen LogP contribution is 1.91. The molecule has 0 aliphatic carbocycles. The predicted octanol–water partition coefficient (Wildman–Crippen LogP) is 3.87. The van der Waals surface area contributed by atoms with Crippen LogP contribution in [0, 0.1) is 0 Å². The van der Waals surface area contributed by atoms with Crippen molar-refractivity contribution in [1.82, 2.24) is 0 Å². The molecular formula is C11H25N. The Morgan fingerprint density at radius 2 is 1.58 bits per heavy atom. The van der Waals surface area contributed by atoms with Gasteiger partial charge in [0.15, 0.2) is 0 Å². The summed E-state index contributed by atoms with van der Waals surface area (Å²) in [6, 6.07) is 0. The monoisotopic (exact) mass is 171 g/mol. The fourth-order valence-corrected chi connectivity index (χ4v) is 0.359. The van der Waals surface area contributed by atoms with Crippen molar-refractivity contribution in [1.29, 1.82) is 0 Å². The van der Waals surface area contributed by atoms with Gasteiger partial charge in [-0.3, -0.25) is 0 Å². The average molecular weight is 171 g/mol. The molecule has 2 N–H and O–H groups in total. The molecule has 12 heavy (non-hydrogen) atoms. The normalized spacial score (nSPS) is 9.67. The third-order valence-corrected chi connectivity index (χ3v) is 0.879. The van der Waals surface area contributed by atoms with Gasteiger partial charge in [-0.2, -0.15) is 0 Å². The van der Waals surface area contributed by atoms with Crippen LogP contribution in [-0.4, -0.2) is 0 Å². The van der Waals surface area contributed by atoms with Gasteiger partial charge in [0, 0.05) is 0 Å². The molecule has 0 atom stereocenters. The summed E-state index contributed by atoms with van der Waals surface area (Å²) < 4.78 is 0. The van der Waals surface area contributed by atoms with E-state index in [4.69, 9.17) is 5.73 Å². The van der Waals surface area contributed by atoms with Crippen LogP contribution in [0.15, 0.2) is 23.9 Å². The van der Waals surface area contributed by atoms with Crippen molar-refractivity contribution < 1.29 is 0 Å². The van der Waals surface area contributed by atoms with Gasteiger partial charge in [-0.15, -0.1) is 0 Å². The topological polar surface area (TPSA) is 26.0 Å². The van der Waals surface area contributed by atoms with Crippen molar-refractivity contribution in [3.8, 4) is 0 Å². The fraction of sp³-hybridized carbons (Fsp3) is 0.636. The van der Waals surface area contributed by atoms with Crippen molar-refractivity contribution in [2.24, 2.45) is 5.73 Å². The maximum Gasteiger partial charge on any atom is -0.00327 e. The van der Waals surface area contributed by atoms with E-state index in [0.29, 0.717) is 0 Å². The second-order valence-electron chi connectivity index (χ2n) is 1.72. The Balaban J connectivity index is -0.000000175. The lowest BCUT2D eigenvalue weighted by molar-refractivity contribution is 1.21. The van der Waals surface area contributed by atoms with Gasteiger partial charge in [0.2, 0.25) is 0 Å². The molecule has 0 saturated carbocycles. The van der Waals surface area contributed by atoms with Gasteiger partial charge in [-0.05, 0) is 25.1 Å². The highest BCUT2D eigenvalue weighted by Gasteiger charge is 1.72. The van der Waals surface area contributed by atoms with E-state index in [2.05, 4.69) is 13.0 Å². The van der Waals surface area contributed by atoms with Crippen LogP contribution in [0.25, 0.3) is 0 Å². The van der Waals surface area contributed by atoms with Crippen LogP contribution in [0.1, 0.15) is 48.0 Å². The van der Waals surface area contributed by atoms with Crippen molar-refractivity contribution >= 4 is 0 Å². The molecule has 0 heterocycles. The van der Waals surface area contributed by atoms with Gasteiger partial charge in [0.1, 0.15) is 0 Å². The van der Waals surface area contributed by atoms with Crippen LogP contribution in [0.5, 0.6) is 0 Å². The van der Waals surface area contributed by atoms with Gasteiger partial charge < -0.3 is 5.73 Å². The first-order valence-corrected chi connectivity index (χ1v) is 4.86. The predicted molar refractivity (Wildman–Crippen MR) is 60.1 cm³/mol. The van der Waals surface area contributed by atoms with Crippen LogP contribution in [0.2, 0.25) is 0 Å². The molecule has 0 aliphatic heterocycles. The summed E-state index contributed by atoms with van der Waals surface area (Å²) in [5.41, 5.74) is 6.32. The first kappa shape index (κ1) is 17.4. The van der Waals surface area contributed by atoms with Crippen LogP contribution in [0.3, 0.4) is 0 Å². The number of hydrogen-bond donors (Lipinski definition) is 1. The first-order chi connectivity index (χ1) is 5.81. The zero-order valence-corrected chi connectivity index (χ0v) is 9.52. The molecule has 1 heteroatoms. The molecule has 0 bridgehead atoms. The van der Waals surface area contributed by atoms with Gasteiger partial charge in [0.05, 0.1) is 0 Å². The second kappa shape index (κ2) is 22.4. The van der Waals surface area contributed by atoms with E-state index in [-0.39, 0.29) is 0 Å². The zero-order valence-electron chi connectivity index (χ0n) is 9.52. The highest BCUT2D eigenvalue weighted by atomic mass is 14.5. The van der Waals surface area contributed by atoms with Gasteiger partial charge in [-0.25, -0.2) is 0 Å². The minimum absolute atomic E-state index is 1.07. The van der Waals surface area contributed by atoms with E-state index in [1.165, 1.54) is 0 Å². The van der Waals surface area contributed by atoms with Crippen molar-refractivity contribution in [2.75, 3.05) is 0 Å². The Morgan fingerprint density at radius 1 is 1.17 bits per heavy atom. The summed E-state index contributed by atoms with van der Waals surface area (Å²) in [7, 11) is 0. The second-order valence-corrected chi connectivity index (χ2v) is 1.72. The molecule has 0 aromatic carbocycles. The Morgan fingerprint density at radius 3 is 1.83 bits per heavy atom. The largest absolute Gasteiger partial charge is 0.404 e. The smallest absolute Gasteiger partial charge is 0.00327 e.